The van der Waals surface area contributed by atoms with Crippen LogP contribution in [0.3, 0.4) is 0 Å². The number of aliphatic hydroxyl groups is 1. The molecule has 0 amide bonds. The third-order valence-corrected chi connectivity index (χ3v) is 5.67. The molecule has 0 bridgehead atoms. The van der Waals surface area contributed by atoms with E-state index in [1.54, 1.807) is 12.4 Å². The maximum atomic E-state index is 10.9. The van der Waals surface area contributed by atoms with E-state index in [1.165, 1.54) is 0 Å². The molecule has 138 valence electrons. The fourth-order valence-electron chi connectivity index (χ4n) is 4.20. The summed E-state index contributed by atoms with van der Waals surface area (Å²) in [4.78, 5) is 15.9. The van der Waals surface area contributed by atoms with Gasteiger partial charge < -0.3 is 14.7 Å². The summed E-state index contributed by atoms with van der Waals surface area (Å²) in [6.07, 6.45) is 6.38. The number of rotatable bonds is 3. The van der Waals surface area contributed by atoms with Gasteiger partial charge in [-0.15, -0.1) is 0 Å². The molecule has 0 spiro atoms. The summed E-state index contributed by atoms with van der Waals surface area (Å²) in [5.41, 5.74) is 1.16. The summed E-state index contributed by atoms with van der Waals surface area (Å²) in [6.45, 7) is 6.13. The van der Waals surface area contributed by atoms with Gasteiger partial charge in [-0.05, 0) is 45.2 Å². The predicted octanol–water partition coefficient (Wildman–Crippen LogP) is 2.60. The molecule has 2 fully saturated rings. The summed E-state index contributed by atoms with van der Waals surface area (Å²) in [5, 5.41) is 10.9. The van der Waals surface area contributed by atoms with Crippen LogP contribution in [0.2, 0.25) is 0 Å². The molecule has 0 aliphatic carbocycles. The zero-order valence-electron chi connectivity index (χ0n) is 15.4. The molecule has 26 heavy (non-hydrogen) atoms. The molecule has 2 aromatic heterocycles. The fourth-order valence-corrected chi connectivity index (χ4v) is 4.20. The number of pyridine rings is 1. The quantitative estimate of drug-likeness (QED) is 0.913. The minimum absolute atomic E-state index is 0.0934. The lowest BCUT2D eigenvalue weighted by molar-refractivity contribution is -0.108. The van der Waals surface area contributed by atoms with E-state index in [-0.39, 0.29) is 12.0 Å². The van der Waals surface area contributed by atoms with E-state index in [2.05, 4.69) is 14.9 Å². The average molecular weight is 354 g/mol. The van der Waals surface area contributed by atoms with Crippen LogP contribution in [0.4, 0.5) is 5.82 Å². The molecule has 2 aliphatic heterocycles. The van der Waals surface area contributed by atoms with Crippen LogP contribution in [-0.2, 0) is 4.74 Å². The largest absolute Gasteiger partial charge is 0.390 e. The SMILES string of the molecule is Cc1cc(N2CCCC2C2COCCC2(C)O)nc(-c2cccnc2)n1. The van der Waals surface area contributed by atoms with E-state index in [0.717, 1.165) is 36.5 Å². The molecular formula is C20H26N4O2. The van der Waals surface area contributed by atoms with Crippen molar-refractivity contribution in [3.05, 3.63) is 36.3 Å². The van der Waals surface area contributed by atoms with Crippen molar-refractivity contribution < 1.29 is 9.84 Å². The number of ether oxygens (including phenoxy) is 1. The van der Waals surface area contributed by atoms with Gasteiger partial charge in [0.25, 0.3) is 0 Å². The van der Waals surface area contributed by atoms with Crippen LogP contribution in [-0.4, -0.2) is 51.5 Å². The minimum Gasteiger partial charge on any atom is -0.390 e. The van der Waals surface area contributed by atoms with Gasteiger partial charge >= 0.3 is 0 Å². The van der Waals surface area contributed by atoms with Crippen LogP contribution in [0.25, 0.3) is 11.4 Å². The highest BCUT2D eigenvalue weighted by Crippen LogP contribution is 2.38. The van der Waals surface area contributed by atoms with Crippen LogP contribution in [0.15, 0.2) is 30.6 Å². The molecular weight excluding hydrogens is 328 g/mol. The lowest BCUT2D eigenvalue weighted by atomic mass is 9.79. The van der Waals surface area contributed by atoms with Gasteiger partial charge in [0.2, 0.25) is 0 Å². The first kappa shape index (κ1) is 17.4. The first-order valence-electron chi connectivity index (χ1n) is 9.37. The molecule has 6 nitrogen and oxygen atoms in total. The highest BCUT2D eigenvalue weighted by molar-refractivity contribution is 5.57. The predicted molar refractivity (Wildman–Crippen MR) is 99.9 cm³/mol. The zero-order valence-corrected chi connectivity index (χ0v) is 15.4. The highest BCUT2D eigenvalue weighted by atomic mass is 16.5. The Morgan fingerprint density at radius 2 is 2.23 bits per heavy atom. The molecule has 0 aromatic carbocycles. The molecule has 6 heteroatoms. The number of hydrogen-bond donors (Lipinski definition) is 1. The summed E-state index contributed by atoms with van der Waals surface area (Å²) in [6, 6.07) is 6.15. The van der Waals surface area contributed by atoms with Gasteiger partial charge in [-0.3, -0.25) is 4.98 Å². The first-order chi connectivity index (χ1) is 12.5. The van der Waals surface area contributed by atoms with E-state index < -0.39 is 5.60 Å². The third kappa shape index (κ3) is 3.31. The van der Waals surface area contributed by atoms with Gasteiger partial charge in [0, 0.05) is 54.8 Å². The number of aryl methyl sites for hydroxylation is 1. The molecule has 2 aliphatic rings. The Labute approximate surface area is 154 Å². The average Bonchev–Trinajstić information content (AvgIpc) is 3.11. The number of hydrogen-bond acceptors (Lipinski definition) is 6. The summed E-state index contributed by atoms with van der Waals surface area (Å²) in [7, 11) is 0. The van der Waals surface area contributed by atoms with Crippen molar-refractivity contribution in [1.82, 2.24) is 15.0 Å². The molecule has 1 N–H and O–H groups in total. The minimum atomic E-state index is -0.695. The van der Waals surface area contributed by atoms with Crippen molar-refractivity contribution in [2.75, 3.05) is 24.7 Å². The van der Waals surface area contributed by atoms with E-state index in [9.17, 15) is 5.11 Å². The Hall–Kier alpha value is -2.05. The maximum absolute atomic E-state index is 10.9. The van der Waals surface area contributed by atoms with Crippen molar-refractivity contribution in [3.8, 4) is 11.4 Å². The molecule has 0 radical (unpaired) electrons. The van der Waals surface area contributed by atoms with Gasteiger partial charge in [0.15, 0.2) is 5.82 Å². The zero-order chi connectivity index (χ0) is 18.1. The van der Waals surface area contributed by atoms with Crippen molar-refractivity contribution in [3.63, 3.8) is 0 Å². The lowest BCUT2D eigenvalue weighted by Gasteiger charge is -2.43. The molecule has 4 rings (SSSR count). The maximum Gasteiger partial charge on any atom is 0.163 e. The molecule has 2 aromatic rings. The fraction of sp³-hybridized carbons (Fsp3) is 0.550. The Morgan fingerprint density at radius 3 is 3.00 bits per heavy atom. The van der Waals surface area contributed by atoms with Crippen molar-refractivity contribution in [1.29, 1.82) is 0 Å². The van der Waals surface area contributed by atoms with Crippen LogP contribution in [0, 0.1) is 12.8 Å². The second-order valence-corrected chi connectivity index (χ2v) is 7.62. The van der Waals surface area contributed by atoms with Gasteiger partial charge in [-0.25, -0.2) is 9.97 Å². The van der Waals surface area contributed by atoms with Crippen molar-refractivity contribution >= 4 is 5.82 Å². The smallest absolute Gasteiger partial charge is 0.163 e. The Kier molecular flexibility index (Phi) is 4.63. The second kappa shape index (κ2) is 6.93. The Balaban J connectivity index is 1.67. The van der Waals surface area contributed by atoms with Crippen LogP contribution < -0.4 is 4.90 Å². The second-order valence-electron chi connectivity index (χ2n) is 7.62. The lowest BCUT2D eigenvalue weighted by Crippen LogP contribution is -2.52. The first-order valence-corrected chi connectivity index (χ1v) is 9.37. The van der Waals surface area contributed by atoms with E-state index >= 15 is 0 Å². The normalized spacial score (nSPS) is 29.1. The molecule has 2 saturated heterocycles. The number of aromatic nitrogens is 3. The Morgan fingerprint density at radius 1 is 1.35 bits per heavy atom. The molecule has 0 saturated carbocycles. The monoisotopic (exact) mass is 354 g/mol. The van der Waals surface area contributed by atoms with Crippen LogP contribution >= 0.6 is 0 Å². The van der Waals surface area contributed by atoms with Crippen LogP contribution in [0.1, 0.15) is 31.9 Å². The summed E-state index contributed by atoms with van der Waals surface area (Å²) < 4.78 is 5.70. The number of anilines is 1. The topological polar surface area (TPSA) is 71.4 Å². The highest BCUT2D eigenvalue weighted by Gasteiger charge is 2.44. The summed E-state index contributed by atoms with van der Waals surface area (Å²) in [5.74, 6) is 1.72. The summed E-state index contributed by atoms with van der Waals surface area (Å²) >= 11 is 0. The van der Waals surface area contributed by atoms with Gasteiger partial charge in [-0.1, -0.05) is 0 Å². The number of nitrogens with zero attached hydrogens (tertiary/aromatic N) is 4. The van der Waals surface area contributed by atoms with E-state index in [4.69, 9.17) is 9.72 Å². The van der Waals surface area contributed by atoms with Gasteiger partial charge in [-0.2, -0.15) is 0 Å². The molecule has 4 heterocycles. The molecule has 3 atom stereocenters. The standard InChI is InChI=1S/C20H26N4O2/c1-14-11-18(23-19(22-14)15-5-3-8-21-12-15)24-9-4-6-17(24)16-13-26-10-7-20(16,2)25/h3,5,8,11-12,16-17,25H,4,6-7,9-10,13H2,1-2H3. The van der Waals surface area contributed by atoms with Gasteiger partial charge in [0.05, 0.1) is 12.2 Å². The van der Waals surface area contributed by atoms with Crippen LogP contribution in [0.5, 0.6) is 0 Å². The Bertz CT molecular complexity index is 766. The van der Waals surface area contributed by atoms with E-state index in [1.807, 2.05) is 32.0 Å². The van der Waals surface area contributed by atoms with Crippen molar-refractivity contribution in [2.24, 2.45) is 5.92 Å². The van der Waals surface area contributed by atoms with Gasteiger partial charge in [0.1, 0.15) is 5.82 Å². The molecule has 3 unspecified atom stereocenters. The third-order valence-electron chi connectivity index (χ3n) is 5.67. The van der Waals surface area contributed by atoms with Crippen molar-refractivity contribution in [2.45, 2.75) is 44.8 Å². The van der Waals surface area contributed by atoms with E-state index in [0.29, 0.717) is 25.5 Å².